The lowest BCUT2D eigenvalue weighted by molar-refractivity contribution is 0.0951. The Hall–Kier alpha value is -2.82. The van der Waals surface area contributed by atoms with Crippen LogP contribution in [0, 0.1) is 12.7 Å². The average Bonchev–Trinajstić information content (AvgIpc) is 3.14. The Morgan fingerprint density at radius 1 is 1.39 bits per heavy atom. The van der Waals surface area contributed by atoms with E-state index in [1.54, 1.807) is 9.80 Å². The third-order valence-corrected chi connectivity index (χ3v) is 6.28. The van der Waals surface area contributed by atoms with Crippen LogP contribution in [0.15, 0.2) is 30.5 Å². The van der Waals surface area contributed by atoms with Crippen LogP contribution in [0.3, 0.4) is 0 Å². The molecule has 31 heavy (non-hydrogen) atoms. The molecule has 0 radical (unpaired) electrons. The van der Waals surface area contributed by atoms with E-state index in [0.29, 0.717) is 24.8 Å². The standard InChI is InChI=1S/C21H24FN5O3S/c1-12-3-4-16-18(7-12)31-20(24-16)25-21(30)27-6-5-26(10-13(27)2)19-15(22)8-14(9-23-19)17(29)11-28/h3-4,7-9,13,17,28-29H,5-6,10-11H2,1-2H3,(H,24,25,30)/t13-,17+/m1/s1. The molecule has 1 fully saturated rings. The molecule has 4 rings (SSSR count). The van der Waals surface area contributed by atoms with Gasteiger partial charge in [0.05, 0.1) is 16.8 Å². The number of rotatable bonds is 4. The van der Waals surface area contributed by atoms with Gasteiger partial charge in [-0.1, -0.05) is 17.4 Å². The summed E-state index contributed by atoms with van der Waals surface area (Å²) in [6.45, 7) is 4.65. The number of carbonyl (C=O) groups is 1. The molecule has 0 spiro atoms. The van der Waals surface area contributed by atoms with Crippen LogP contribution in [0.2, 0.25) is 0 Å². The summed E-state index contributed by atoms with van der Waals surface area (Å²) in [5, 5.41) is 22.1. The van der Waals surface area contributed by atoms with Gasteiger partial charge in [0.1, 0.15) is 6.10 Å². The number of thiazole rings is 1. The Bertz CT molecular complexity index is 1110. The van der Waals surface area contributed by atoms with Crippen LogP contribution in [0.4, 0.5) is 20.1 Å². The number of piperazine rings is 1. The molecule has 0 aliphatic carbocycles. The highest BCUT2D eigenvalue weighted by Gasteiger charge is 2.30. The summed E-state index contributed by atoms with van der Waals surface area (Å²) in [4.78, 5) is 24.9. The van der Waals surface area contributed by atoms with E-state index in [9.17, 15) is 14.3 Å². The molecule has 2 amide bonds. The molecule has 0 bridgehead atoms. The first-order valence-electron chi connectivity index (χ1n) is 10.00. The lowest BCUT2D eigenvalue weighted by atomic mass is 10.1. The number of halogens is 1. The minimum atomic E-state index is -1.16. The highest BCUT2D eigenvalue weighted by atomic mass is 32.1. The number of pyridine rings is 1. The van der Waals surface area contributed by atoms with Gasteiger partial charge in [-0.2, -0.15) is 0 Å². The van der Waals surface area contributed by atoms with Crippen molar-refractivity contribution in [2.24, 2.45) is 0 Å². The zero-order chi connectivity index (χ0) is 22.1. The Morgan fingerprint density at radius 2 is 2.19 bits per heavy atom. The number of anilines is 2. The maximum Gasteiger partial charge on any atom is 0.324 e. The van der Waals surface area contributed by atoms with Crippen molar-refractivity contribution in [1.29, 1.82) is 0 Å². The van der Waals surface area contributed by atoms with Crippen LogP contribution in [-0.2, 0) is 0 Å². The van der Waals surface area contributed by atoms with E-state index < -0.39 is 18.5 Å². The maximum atomic E-state index is 14.5. The van der Waals surface area contributed by atoms with E-state index in [2.05, 4.69) is 15.3 Å². The fourth-order valence-electron chi connectivity index (χ4n) is 3.67. The van der Waals surface area contributed by atoms with Gasteiger partial charge >= 0.3 is 6.03 Å². The third kappa shape index (κ3) is 4.46. The topological polar surface area (TPSA) is 102 Å². The van der Waals surface area contributed by atoms with Gasteiger partial charge in [0.15, 0.2) is 16.8 Å². The molecule has 164 valence electrons. The van der Waals surface area contributed by atoms with Gasteiger partial charge in [-0.3, -0.25) is 5.32 Å². The van der Waals surface area contributed by atoms with Gasteiger partial charge in [-0.15, -0.1) is 0 Å². The fourth-order valence-corrected chi connectivity index (χ4v) is 4.62. The predicted octanol–water partition coefficient (Wildman–Crippen LogP) is 2.91. The molecule has 3 N–H and O–H groups in total. The summed E-state index contributed by atoms with van der Waals surface area (Å²) in [7, 11) is 0. The SMILES string of the molecule is Cc1ccc2nc(NC(=O)N3CCN(c4ncc([C@@H](O)CO)cc4F)C[C@H]3C)sc2c1. The Balaban J connectivity index is 1.42. The Labute approximate surface area is 183 Å². The van der Waals surface area contributed by atoms with Gasteiger partial charge in [-0.25, -0.2) is 19.2 Å². The zero-order valence-corrected chi connectivity index (χ0v) is 18.1. The van der Waals surface area contributed by atoms with Crippen LogP contribution < -0.4 is 10.2 Å². The first-order valence-corrected chi connectivity index (χ1v) is 10.8. The second-order valence-corrected chi connectivity index (χ2v) is 8.71. The Kier molecular flexibility index (Phi) is 6.03. The van der Waals surface area contributed by atoms with E-state index in [1.165, 1.54) is 23.6 Å². The first kappa shape index (κ1) is 21.4. The number of aryl methyl sites for hydroxylation is 1. The van der Waals surface area contributed by atoms with E-state index in [4.69, 9.17) is 5.11 Å². The molecule has 1 aliphatic rings. The van der Waals surface area contributed by atoms with Gasteiger partial charge in [-0.05, 0) is 37.6 Å². The molecule has 2 atom stereocenters. The van der Waals surface area contributed by atoms with Crippen molar-refractivity contribution >= 4 is 38.5 Å². The first-order chi connectivity index (χ1) is 14.9. The van der Waals surface area contributed by atoms with Crippen molar-refractivity contribution in [2.75, 3.05) is 36.5 Å². The highest BCUT2D eigenvalue weighted by molar-refractivity contribution is 7.22. The summed E-state index contributed by atoms with van der Waals surface area (Å²) in [6.07, 6.45) is 0.194. The molecule has 8 nitrogen and oxygen atoms in total. The minimum Gasteiger partial charge on any atom is -0.393 e. The molecule has 3 heterocycles. The second-order valence-electron chi connectivity index (χ2n) is 7.68. The predicted molar refractivity (Wildman–Crippen MR) is 118 cm³/mol. The van der Waals surface area contributed by atoms with Gasteiger partial charge in [0.25, 0.3) is 0 Å². The van der Waals surface area contributed by atoms with Crippen LogP contribution in [0.5, 0.6) is 0 Å². The molecule has 3 aromatic rings. The number of urea groups is 1. The number of aromatic nitrogens is 2. The fraction of sp³-hybridized carbons (Fsp3) is 0.381. The molecular formula is C21H24FN5O3S. The normalized spacial score (nSPS) is 17.8. The molecule has 10 heteroatoms. The van der Waals surface area contributed by atoms with Gasteiger partial charge in [0, 0.05) is 37.4 Å². The van der Waals surface area contributed by atoms with Crippen molar-refractivity contribution in [3.63, 3.8) is 0 Å². The number of benzene rings is 1. The lowest BCUT2D eigenvalue weighted by Gasteiger charge is -2.40. The molecular weight excluding hydrogens is 421 g/mol. The summed E-state index contributed by atoms with van der Waals surface area (Å²) < 4.78 is 15.6. The van der Waals surface area contributed by atoms with Crippen LogP contribution >= 0.6 is 11.3 Å². The second kappa shape index (κ2) is 8.74. The van der Waals surface area contributed by atoms with Crippen LogP contribution in [0.25, 0.3) is 10.2 Å². The van der Waals surface area contributed by atoms with E-state index in [-0.39, 0.29) is 23.5 Å². The number of amides is 2. The summed E-state index contributed by atoms with van der Waals surface area (Å²) in [5.41, 5.74) is 2.21. The van der Waals surface area contributed by atoms with Gasteiger partial charge < -0.3 is 20.0 Å². The van der Waals surface area contributed by atoms with Crippen molar-refractivity contribution in [3.05, 3.63) is 47.4 Å². The van der Waals surface area contributed by atoms with Gasteiger partial charge in [0.2, 0.25) is 0 Å². The molecule has 1 aliphatic heterocycles. The zero-order valence-electron chi connectivity index (χ0n) is 17.2. The van der Waals surface area contributed by atoms with E-state index >= 15 is 0 Å². The molecule has 1 saturated heterocycles. The number of fused-ring (bicyclic) bond motifs is 1. The summed E-state index contributed by atoms with van der Waals surface area (Å²) >= 11 is 1.43. The lowest BCUT2D eigenvalue weighted by Crippen LogP contribution is -2.55. The molecule has 0 unspecified atom stereocenters. The molecule has 1 aromatic carbocycles. The number of nitrogens with one attached hydrogen (secondary N) is 1. The molecule has 0 saturated carbocycles. The third-order valence-electron chi connectivity index (χ3n) is 5.35. The number of carbonyl (C=O) groups excluding carboxylic acids is 1. The number of aliphatic hydroxyl groups is 2. The van der Waals surface area contributed by atoms with E-state index in [0.717, 1.165) is 15.8 Å². The summed E-state index contributed by atoms with van der Waals surface area (Å²) in [6, 6.07) is 6.73. The smallest absolute Gasteiger partial charge is 0.324 e. The average molecular weight is 446 g/mol. The van der Waals surface area contributed by atoms with Crippen molar-refractivity contribution < 1.29 is 19.4 Å². The quantitative estimate of drug-likeness (QED) is 0.571. The number of aliphatic hydroxyl groups excluding tert-OH is 2. The number of hydrogen-bond acceptors (Lipinski definition) is 7. The maximum absolute atomic E-state index is 14.5. The monoisotopic (exact) mass is 445 g/mol. The Morgan fingerprint density at radius 3 is 2.90 bits per heavy atom. The number of nitrogens with zero attached hydrogens (tertiary/aromatic N) is 4. The van der Waals surface area contributed by atoms with Crippen LogP contribution in [-0.4, -0.2) is 63.4 Å². The summed E-state index contributed by atoms with van der Waals surface area (Å²) in [5.74, 6) is -0.401. The highest BCUT2D eigenvalue weighted by Crippen LogP contribution is 2.28. The molecule has 2 aromatic heterocycles. The van der Waals surface area contributed by atoms with Crippen molar-refractivity contribution in [2.45, 2.75) is 26.0 Å². The largest absolute Gasteiger partial charge is 0.393 e. The van der Waals surface area contributed by atoms with E-state index in [1.807, 2.05) is 32.0 Å². The van der Waals surface area contributed by atoms with Crippen molar-refractivity contribution in [1.82, 2.24) is 14.9 Å². The van der Waals surface area contributed by atoms with Crippen LogP contribution in [0.1, 0.15) is 24.2 Å². The van der Waals surface area contributed by atoms with Crippen molar-refractivity contribution in [3.8, 4) is 0 Å². The number of hydrogen-bond donors (Lipinski definition) is 3. The minimum absolute atomic E-state index is 0.169.